The Morgan fingerprint density at radius 2 is 1.80 bits per heavy atom. The molecule has 2 aromatic rings. The van der Waals surface area contributed by atoms with Gasteiger partial charge in [-0.2, -0.15) is 0 Å². The van der Waals surface area contributed by atoms with E-state index in [9.17, 15) is 0 Å². The molecule has 104 valence electrons. The van der Waals surface area contributed by atoms with E-state index >= 15 is 0 Å². The third-order valence-corrected chi connectivity index (χ3v) is 3.79. The maximum Gasteiger partial charge on any atom is 0.142 e. The predicted octanol–water partition coefficient (Wildman–Crippen LogP) is 2.20. The number of piperazine rings is 1. The van der Waals surface area contributed by atoms with E-state index in [-0.39, 0.29) is 0 Å². The molecule has 1 N–H and O–H groups in total. The molecule has 3 rings (SSSR count). The number of hydrogen-bond donors (Lipinski definition) is 1. The van der Waals surface area contributed by atoms with Gasteiger partial charge in [0.25, 0.3) is 0 Å². The molecule has 0 atom stereocenters. The van der Waals surface area contributed by atoms with Crippen LogP contribution in [0.1, 0.15) is 5.82 Å². The largest absolute Gasteiger partial charge is 0.314 e. The molecular weight excluding hydrogens is 272 g/mol. The number of hydrogen-bond acceptors (Lipinski definition) is 4. The fraction of sp³-hybridized carbons (Fsp3) is 0.333. The summed E-state index contributed by atoms with van der Waals surface area (Å²) in [5.41, 5.74) is 1.93. The van der Waals surface area contributed by atoms with Crippen molar-refractivity contribution in [2.24, 2.45) is 0 Å². The molecule has 0 unspecified atom stereocenters. The minimum absolute atomic E-state index is 0.728. The molecule has 1 saturated heterocycles. The minimum atomic E-state index is 0.728. The van der Waals surface area contributed by atoms with Gasteiger partial charge in [-0.3, -0.25) is 4.90 Å². The van der Waals surface area contributed by atoms with Crippen LogP contribution in [0.5, 0.6) is 0 Å². The van der Waals surface area contributed by atoms with E-state index in [2.05, 4.69) is 20.2 Å². The Morgan fingerprint density at radius 1 is 1.10 bits per heavy atom. The highest BCUT2D eigenvalue weighted by Gasteiger charge is 2.11. The Kier molecular flexibility index (Phi) is 4.25. The fourth-order valence-electron chi connectivity index (χ4n) is 2.34. The zero-order valence-electron chi connectivity index (χ0n) is 11.2. The van der Waals surface area contributed by atoms with Crippen LogP contribution in [0.3, 0.4) is 0 Å². The third kappa shape index (κ3) is 3.15. The molecule has 1 aromatic carbocycles. The average Bonchev–Trinajstić information content (AvgIpc) is 2.50. The van der Waals surface area contributed by atoms with Crippen molar-refractivity contribution < 1.29 is 0 Å². The first-order valence-corrected chi connectivity index (χ1v) is 7.19. The fourth-order valence-corrected chi connectivity index (χ4v) is 2.58. The standard InChI is InChI=1S/C15H17ClN4/c16-14-4-2-1-3-13(14)12-9-18-15(19-10-12)11-20-7-5-17-6-8-20/h1-4,9-10,17H,5-8,11H2. The van der Waals surface area contributed by atoms with E-state index < -0.39 is 0 Å². The number of rotatable bonds is 3. The van der Waals surface area contributed by atoms with Crippen LogP contribution in [0, 0.1) is 0 Å². The molecule has 0 saturated carbocycles. The van der Waals surface area contributed by atoms with Crippen molar-refractivity contribution in [3.8, 4) is 11.1 Å². The lowest BCUT2D eigenvalue weighted by Crippen LogP contribution is -2.43. The average molecular weight is 289 g/mol. The molecule has 1 fully saturated rings. The molecule has 1 aromatic heterocycles. The summed E-state index contributed by atoms with van der Waals surface area (Å²) in [6.07, 6.45) is 3.71. The second kappa shape index (κ2) is 6.31. The van der Waals surface area contributed by atoms with Gasteiger partial charge in [-0.05, 0) is 6.07 Å². The van der Waals surface area contributed by atoms with Crippen molar-refractivity contribution in [1.29, 1.82) is 0 Å². The molecule has 20 heavy (non-hydrogen) atoms. The first-order chi connectivity index (χ1) is 9.83. The predicted molar refractivity (Wildman–Crippen MR) is 80.6 cm³/mol. The molecule has 4 nitrogen and oxygen atoms in total. The van der Waals surface area contributed by atoms with Crippen molar-refractivity contribution in [2.75, 3.05) is 26.2 Å². The van der Waals surface area contributed by atoms with Crippen molar-refractivity contribution in [3.63, 3.8) is 0 Å². The summed E-state index contributed by atoms with van der Waals surface area (Å²) in [5.74, 6) is 0.864. The zero-order valence-corrected chi connectivity index (χ0v) is 12.0. The Labute approximate surface area is 123 Å². The van der Waals surface area contributed by atoms with Gasteiger partial charge in [-0.15, -0.1) is 0 Å². The van der Waals surface area contributed by atoms with Crippen molar-refractivity contribution in [2.45, 2.75) is 6.54 Å². The highest BCUT2D eigenvalue weighted by Crippen LogP contribution is 2.26. The number of halogens is 1. The maximum absolute atomic E-state index is 6.18. The summed E-state index contributed by atoms with van der Waals surface area (Å²) in [6.45, 7) is 4.99. The number of benzene rings is 1. The maximum atomic E-state index is 6.18. The van der Waals surface area contributed by atoms with E-state index in [1.54, 1.807) is 0 Å². The minimum Gasteiger partial charge on any atom is -0.314 e. The Bertz CT molecular complexity index is 564. The van der Waals surface area contributed by atoms with Gasteiger partial charge in [-0.1, -0.05) is 29.8 Å². The molecule has 0 spiro atoms. The Morgan fingerprint density at radius 3 is 2.50 bits per heavy atom. The molecular formula is C15H17ClN4. The van der Waals surface area contributed by atoms with Gasteiger partial charge in [0.1, 0.15) is 5.82 Å². The normalized spacial score (nSPS) is 16.2. The lowest BCUT2D eigenvalue weighted by Gasteiger charge is -2.26. The Balaban J connectivity index is 1.73. The summed E-state index contributed by atoms with van der Waals surface area (Å²) >= 11 is 6.18. The highest BCUT2D eigenvalue weighted by atomic mass is 35.5. The van der Waals surface area contributed by atoms with Crippen LogP contribution in [-0.4, -0.2) is 41.0 Å². The van der Waals surface area contributed by atoms with Gasteiger partial charge >= 0.3 is 0 Å². The van der Waals surface area contributed by atoms with Gasteiger partial charge in [-0.25, -0.2) is 9.97 Å². The number of nitrogens with one attached hydrogen (secondary N) is 1. The van der Waals surface area contributed by atoms with Crippen molar-refractivity contribution >= 4 is 11.6 Å². The van der Waals surface area contributed by atoms with Crippen molar-refractivity contribution in [1.82, 2.24) is 20.2 Å². The van der Waals surface area contributed by atoms with Gasteiger partial charge in [0.05, 0.1) is 6.54 Å². The molecule has 2 heterocycles. The first-order valence-electron chi connectivity index (χ1n) is 6.82. The first kappa shape index (κ1) is 13.5. The van der Waals surface area contributed by atoms with E-state index in [1.165, 1.54) is 0 Å². The molecule has 0 amide bonds. The molecule has 5 heteroatoms. The van der Waals surface area contributed by atoms with Gasteiger partial charge in [0.15, 0.2) is 0 Å². The summed E-state index contributed by atoms with van der Waals surface area (Å²) < 4.78 is 0. The van der Waals surface area contributed by atoms with Crippen LogP contribution in [0.15, 0.2) is 36.7 Å². The second-order valence-corrected chi connectivity index (χ2v) is 5.30. The lowest BCUT2D eigenvalue weighted by atomic mass is 10.1. The van der Waals surface area contributed by atoms with Gasteiger partial charge in [0, 0.05) is 54.7 Å². The van der Waals surface area contributed by atoms with E-state index in [0.717, 1.165) is 54.7 Å². The van der Waals surface area contributed by atoms with E-state index in [4.69, 9.17) is 11.6 Å². The van der Waals surface area contributed by atoms with Crippen LogP contribution >= 0.6 is 11.6 Å². The van der Waals surface area contributed by atoms with Crippen LogP contribution in [-0.2, 0) is 6.54 Å². The van der Waals surface area contributed by atoms with Crippen LogP contribution in [0.2, 0.25) is 5.02 Å². The summed E-state index contributed by atoms with van der Waals surface area (Å²) in [5, 5.41) is 4.07. The lowest BCUT2D eigenvalue weighted by molar-refractivity contribution is 0.228. The SMILES string of the molecule is Clc1ccccc1-c1cnc(CN2CCNCC2)nc1. The monoisotopic (exact) mass is 288 g/mol. The van der Waals surface area contributed by atoms with Crippen LogP contribution in [0.4, 0.5) is 0 Å². The van der Waals surface area contributed by atoms with Crippen LogP contribution < -0.4 is 5.32 Å². The molecule has 1 aliphatic heterocycles. The molecule has 0 aliphatic carbocycles. The number of aromatic nitrogens is 2. The second-order valence-electron chi connectivity index (χ2n) is 4.89. The quantitative estimate of drug-likeness (QED) is 0.940. The summed E-state index contributed by atoms with van der Waals surface area (Å²) in [4.78, 5) is 11.3. The third-order valence-electron chi connectivity index (χ3n) is 3.46. The van der Waals surface area contributed by atoms with Crippen LogP contribution in [0.25, 0.3) is 11.1 Å². The zero-order chi connectivity index (χ0) is 13.8. The molecule has 0 radical (unpaired) electrons. The van der Waals surface area contributed by atoms with E-state index in [0.29, 0.717) is 0 Å². The Hall–Kier alpha value is -1.49. The van der Waals surface area contributed by atoms with Gasteiger partial charge < -0.3 is 5.32 Å². The summed E-state index contributed by atoms with van der Waals surface area (Å²) in [6, 6.07) is 7.75. The van der Waals surface area contributed by atoms with E-state index in [1.807, 2.05) is 36.7 Å². The summed E-state index contributed by atoms with van der Waals surface area (Å²) in [7, 11) is 0. The smallest absolute Gasteiger partial charge is 0.142 e. The number of nitrogens with zero attached hydrogens (tertiary/aromatic N) is 3. The highest BCUT2D eigenvalue weighted by molar-refractivity contribution is 6.33. The van der Waals surface area contributed by atoms with Gasteiger partial charge in [0.2, 0.25) is 0 Å². The molecule has 0 bridgehead atoms. The molecule has 1 aliphatic rings. The van der Waals surface area contributed by atoms with Crippen molar-refractivity contribution in [3.05, 3.63) is 47.5 Å². The topological polar surface area (TPSA) is 41.1 Å².